The smallest absolute Gasteiger partial charge is 0.223 e. The molecule has 1 atom stereocenters. The van der Waals surface area contributed by atoms with E-state index in [9.17, 15) is 4.79 Å². The number of rotatable bonds is 6. The Morgan fingerprint density at radius 1 is 1.59 bits per heavy atom. The fourth-order valence-electron chi connectivity index (χ4n) is 1.84. The van der Waals surface area contributed by atoms with Crippen LogP contribution in [-0.4, -0.2) is 50.4 Å². The van der Waals surface area contributed by atoms with E-state index in [2.05, 4.69) is 10.0 Å². The molecule has 1 fully saturated rings. The molecule has 0 saturated carbocycles. The lowest BCUT2D eigenvalue weighted by molar-refractivity contribution is -0.203. The van der Waals surface area contributed by atoms with Gasteiger partial charge in [0.25, 0.3) is 0 Å². The van der Waals surface area contributed by atoms with E-state index in [0.29, 0.717) is 26.1 Å². The van der Waals surface area contributed by atoms with Gasteiger partial charge >= 0.3 is 0 Å². The maximum Gasteiger partial charge on any atom is 0.223 e. The predicted molar refractivity (Wildman–Crippen MR) is 61.1 cm³/mol. The van der Waals surface area contributed by atoms with Crippen molar-refractivity contribution in [1.82, 2.24) is 4.90 Å². The Hall–Kier alpha value is -1.30. The zero-order chi connectivity index (χ0) is 12.9. The van der Waals surface area contributed by atoms with Gasteiger partial charge in [0.15, 0.2) is 5.79 Å². The molecule has 7 heteroatoms. The highest BCUT2D eigenvalue weighted by molar-refractivity contribution is 5.78. The van der Waals surface area contributed by atoms with Crippen molar-refractivity contribution in [3.05, 3.63) is 10.4 Å². The van der Waals surface area contributed by atoms with Gasteiger partial charge in [-0.2, -0.15) is 0 Å². The molecule has 0 radical (unpaired) electrons. The lowest BCUT2D eigenvalue weighted by Gasteiger charge is -2.31. The minimum Gasteiger partial charge on any atom is -0.352 e. The second-order valence-corrected chi connectivity index (χ2v) is 4.30. The summed E-state index contributed by atoms with van der Waals surface area (Å²) in [4.78, 5) is 16.1. The van der Waals surface area contributed by atoms with Crippen LogP contribution in [0.2, 0.25) is 0 Å². The van der Waals surface area contributed by atoms with Crippen molar-refractivity contribution in [2.24, 2.45) is 11.0 Å². The first-order valence-corrected chi connectivity index (χ1v) is 5.43. The van der Waals surface area contributed by atoms with Crippen molar-refractivity contribution in [3.63, 3.8) is 0 Å². The number of nitrogens with zero attached hydrogens (tertiary/aromatic N) is 4. The highest BCUT2D eigenvalue weighted by Crippen LogP contribution is 2.22. The Labute approximate surface area is 100 Å². The predicted octanol–water partition coefficient (Wildman–Crippen LogP) is 1.15. The van der Waals surface area contributed by atoms with Gasteiger partial charge in [0.1, 0.15) is 0 Å². The molecule has 1 aliphatic heterocycles. The minimum atomic E-state index is -0.789. The minimum absolute atomic E-state index is 0.0449. The Morgan fingerprint density at radius 3 is 2.76 bits per heavy atom. The second-order valence-electron chi connectivity index (χ2n) is 4.30. The lowest BCUT2D eigenvalue weighted by Crippen LogP contribution is -2.44. The first-order valence-electron chi connectivity index (χ1n) is 5.43. The number of carbonyl (C=O) groups excluding carboxylic acids is 1. The molecular weight excluding hydrogens is 224 g/mol. The third-order valence-corrected chi connectivity index (χ3v) is 3.04. The van der Waals surface area contributed by atoms with Crippen molar-refractivity contribution in [2.45, 2.75) is 19.1 Å². The molecular formula is C10H18N4O3. The molecule has 0 N–H and O–H groups in total. The summed E-state index contributed by atoms with van der Waals surface area (Å²) < 4.78 is 10.4. The molecule has 1 rings (SSSR count). The van der Waals surface area contributed by atoms with Gasteiger partial charge in [0.2, 0.25) is 5.91 Å². The van der Waals surface area contributed by atoms with E-state index in [4.69, 9.17) is 15.0 Å². The number of hydrogen-bond donors (Lipinski definition) is 0. The molecule has 0 bridgehead atoms. The van der Waals surface area contributed by atoms with Crippen LogP contribution in [0.15, 0.2) is 5.11 Å². The van der Waals surface area contributed by atoms with E-state index in [0.717, 1.165) is 0 Å². The van der Waals surface area contributed by atoms with Crippen LogP contribution in [0.25, 0.3) is 10.4 Å². The number of ether oxygens (including phenoxy) is 2. The quantitative estimate of drug-likeness (QED) is 0.303. The molecule has 1 saturated heterocycles. The van der Waals surface area contributed by atoms with E-state index in [-0.39, 0.29) is 11.8 Å². The first kappa shape index (κ1) is 13.8. The van der Waals surface area contributed by atoms with Crippen LogP contribution < -0.4 is 0 Å². The number of methoxy groups -OCH3 is 2. The molecule has 1 aliphatic rings. The average molecular weight is 242 g/mol. The molecule has 0 aromatic heterocycles. The molecule has 1 heterocycles. The van der Waals surface area contributed by atoms with Crippen molar-refractivity contribution < 1.29 is 14.3 Å². The van der Waals surface area contributed by atoms with Crippen LogP contribution in [0, 0.1) is 5.92 Å². The van der Waals surface area contributed by atoms with Crippen LogP contribution in [0.3, 0.4) is 0 Å². The van der Waals surface area contributed by atoms with Gasteiger partial charge in [-0.25, -0.2) is 0 Å². The SMILES string of the molecule is COC(C)(CN1CC(CN=[N+]=[N-])CC1=O)OC. The van der Waals surface area contributed by atoms with Gasteiger partial charge in [-0.3, -0.25) is 4.79 Å². The van der Waals surface area contributed by atoms with E-state index >= 15 is 0 Å². The zero-order valence-corrected chi connectivity index (χ0v) is 10.4. The van der Waals surface area contributed by atoms with Crippen molar-refractivity contribution in [3.8, 4) is 0 Å². The maximum atomic E-state index is 11.7. The van der Waals surface area contributed by atoms with Crippen molar-refractivity contribution in [2.75, 3.05) is 33.9 Å². The fraction of sp³-hybridized carbons (Fsp3) is 0.900. The summed E-state index contributed by atoms with van der Waals surface area (Å²) in [5.41, 5.74) is 8.24. The van der Waals surface area contributed by atoms with Crippen LogP contribution in [-0.2, 0) is 14.3 Å². The Morgan fingerprint density at radius 2 is 2.24 bits per heavy atom. The summed E-state index contributed by atoms with van der Waals surface area (Å²) in [5.74, 6) is -0.650. The monoisotopic (exact) mass is 242 g/mol. The van der Waals surface area contributed by atoms with Crippen LogP contribution >= 0.6 is 0 Å². The topological polar surface area (TPSA) is 87.5 Å². The van der Waals surface area contributed by atoms with E-state index in [1.165, 1.54) is 0 Å². The largest absolute Gasteiger partial charge is 0.352 e. The summed E-state index contributed by atoms with van der Waals surface area (Å²) in [6.07, 6.45) is 0.419. The third kappa shape index (κ3) is 3.59. The van der Waals surface area contributed by atoms with Gasteiger partial charge in [0, 0.05) is 38.6 Å². The van der Waals surface area contributed by atoms with Crippen molar-refractivity contribution >= 4 is 5.91 Å². The molecule has 1 unspecified atom stereocenters. The number of hydrogen-bond acceptors (Lipinski definition) is 4. The molecule has 17 heavy (non-hydrogen) atoms. The van der Waals surface area contributed by atoms with Gasteiger partial charge in [-0.05, 0) is 18.4 Å². The van der Waals surface area contributed by atoms with E-state index in [1.54, 1.807) is 26.0 Å². The molecule has 0 aromatic carbocycles. The Kier molecular flexibility index (Phi) is 4.74. The standard InChI is InChI=1S/C10H18N4O3/c1-10(16-2,17-3)7-14-6-8(4-9(14)15)5-12-13-11/h8H,4-7H2,1-3H3. The van der Waals surface area contributed by atoms with Crippen LogP contribution in [0.1, 0.15) is 13.3 Å². The van der Waals surface area contributed by atoms with Gasteiger partial charge in [-0.15, -0.1) is 0 Å². The van der Waals surface area contributed by atoms with Gasteiger partial charge in [-0.1, -0.05) is 5.11 Å². The van der Waals surface area contributed by atoms with Crippen molar-refractivity contribution in [1.29, 1.82) is 0 Å². The Bertz CT molecular complexity index is 324. The highest BCUT2D eigenvalue weighted by atomic mass is 16.7. The maximum absolute atomic E-state index is 11.7. The summed E-state index contributed by atoms with van der Waals surface area (Å²) in [7, 11) is 3.09. The zero-order valence-electron chi connectivity index (χ0n) is 10.4. The third-order valence-electron chi connectivity index (χ3n) is 3.04. The second kappa shape index (κ2) is 5.86. The summed E-state index contributed by atoms with van der Waals surface area (Å²) in [6.45, 7) is 3.10. The van der Waals surface area contributed by atoms with E-state index < -0.39 is 5.79 Å². The highest BCUT2D eigenvalue weighted by Gasteiger charge is 2.35. The molecule has 1 amide bonds. The summed E-state index contributed by atoms with van der Waals surface area (Å²) in [6, 6.07) is 0. The number of carbonyl (C=O) groups is 1. The fourth-order valence-corrected chi connectivity index (χ4v) is 1.84. The molecule has 0 aromatic rings. The van der Waals surface area contributed by atoms with Crippen LogP contribution in [0.4, 0.5) is 0 Å². The molecule has 96 valence electrons. The molecule has 0 aliphatic carbocycles. The summed E-state index contributed by atoms with van der Waals surface area (Å²) >= 11 is 0. The number of azide groups is 1. The Balaban J connectivity index is 2.56. The first-order chi connectivity index (χ1) is 8.04. The molecule has 0 spiro atoms. The number of likely N-dealkylation sites (tertiary alicyclic amines) is 1. The van der Waals surface area contributed by atoms with Gasteiger partial charge < -0.3 is 14.4 Å². The number of amides is 1. The summed E-state index contributed by atoms with van der Waals surface area (Å²) in [5, 5.41) is 3.50. The average Bonchev–Trinajstić information content (AvgIpc) is 2.67. The van der Waals surface area contributed by atoms with Gasteiger partial charge in [0.05, 0.1) is 6.54 Å². The molecule has 7 nitrogen and oxygen atoms in total. The van der Waals surface area contributed by atoms with Crippen LogP contribution in [0.5, 0.6) is 0 Å². The normalized spacial score (nSPS) is 20.5. The van der Waals surface area contributed by atoms with E-state index in [1.807, 2.05) is 0 Å². The lowest BCUT2D eigenvalue weighted by atomic mass is 10.1.